The average molecular weight is 760 g/mol. The number of aromatic nitrogens is 6. The van der Waals surface area contributed by atoms with Crippen LogP contribution in [0, 0.1) is 13.8 Å². The molecule has 0 amide bonds. The molecule has 1 aliphatic rings. The van der Waals surface area contributed by atoms with Gasteiger partial charge in [-0.25, -0.2) is 19.9 Å². The Labute approximate surface area is 310 Å². The largest absolute Gasteiger partial charge is 0.485 e. The highest BCUT2D eigenvalue weighted by atomic mass is 79.9. The van der Waals surface area contributed by atoms with Gasteiger partial charge < -0.3 is 18.6 Å². The maximum Gasteiger partial charge on any atom is 0.255 e. The maximum atomic E-state index is 13.8. The van der Waals surface area contributed by atoms with Crippen LogP contribution in [-0.4, -0.2) is 29.1 Å². The van der Waals surface area contributed by atoms with Crippen molar-refractivity contribution < 1.29 is 9.47 Å². The van der Waals surface area contributed by atoms with Gasteiger partial charge in [-0.3, -0.25) is 9.59 Å². The molecule has 0 N–H and O–H groups in total. The summed E-state index contributed by atoms with van der Waals surface area (Å²) >= 11 is 3.47. The van der Waals surface area contributed by atoms with Crippen molar-refractivity contribution in [3.05, 3.63) is 174 Å². The Hall–Kier alpha value is -5.42. The van der Waals surface area contributed by atoms with Gasteiger partial charge in [-0.05, 0) is 92.6 Å². The van der Waals surface area contributed by atoms with Crippen molar-refractivity contribution in [2.24, 2.45) is 0 Å². The Balaban J connectivity index is 1.11. The quantitative estimate of drug-likeness (QED) is 0.119. The molecule has 1 saturated carbocycles. The summed E-state index contributed by atoms with van der Waals surface area (Å²) in [4.78, 5) is 44.7. The van der Waals surface area contributed by atoms with Crippen molar-refractivity contribution in [2.45, 2.75) is 71.2 Å². The predicted molar refractivity (Wildman–Crippen MR) is 202 cm³/mol. The summed E-state index contributed by atoms with van der Waals surface area (Å²) < 4.78 is 16.5. The second-order valence-corrected chi connectivity index (χ2v) is 14.1. The number of ether oxygens (including phenoxy) is 2. The Morgan fingerprint density at radius 3 is 1.92 bits per heavy atom. The van der Waals surface area contributed by atoms with Gasteiger partial charge in [-0.15, -0.1) is 0 Å². The highest BCUT2D eigenvalue weighted by Gasteiger charge is 2.25. The number of hydrogen-bond donors (Lipinski definition) is 0. The number of nitrogens with zero attached hydrogens (tertiary/aromatic N) is 6. The molecule has 2 aromatic carbocycles. The first kappa shape index (κ1) is 35.0. The lowest BCUT2D eigenvalue weighted by Crippen LogP contribution is -2.29. The zero-order valence-electron chi connectivity index (χ0n) is 29.3. The number of aryl methyl sites for hydroxylation is 2. The van der Waals surface area contributed by atoms with E-state index >= 15 is 0 Å². The average Bonchev–Trinajstić information content (AvgIpc) is 3.99. The molecule has 1 aliphatic carbocycles. The van der Waals surface area contributed by atoms with Crippen LogP contribution in [0.2, 0.25) is 0 Å². The fourth-order valence-electron chi connectivity index (χ4n) is 6.61. The van der Waals surface area contributed by atoms with Crippen LogP contribution in [0.5, 0.6) is 11.5 Å². The molecule has 4 heterocycles. The van der Waals surface area contributed by atoms with Crippen molar-refractivity contribution in [2.75, 3.05) is 0 Å². The lowest BCUT2D eigenvalue weighted by Gasteiger charge is -2.23. The first-order valence-electron chi connectivity index (χ1n) is 17.4. The standard InChI is InChI=1S/C41H39BrN6O4/c1-26-19-35(22-40(49)47(26)28(3)29-11-13-33(42)14-12-29)52-25-39-45-18-15-34(46-39)21-37(32-9-7-31(8-10-32)30-5-6-30)48-27(2)20-36(23-41(48)50)51-24-38-43-16-4-17-44-38/h4,7-20,22-23,28,30,37H,5-6,21,24-25H2,1-3H3/t28-,37-/m1/s1. The Bertz CT molecular complexity index is 2290. The summed E-state index contributed by atoms with van der Waals surface area (Å²) in [5.74, 6) is 2.54. The molecule has 52 heavy (non-hydrogen) atoms. The minimum atomic E-state index is -0.334. The van der Waals surface area contributed by atoms with Gasteiger partial charge in [0, 0.05) is 58.7 Å². The molecule has 4 aromatic heterocycles. The molecule has 0 spiro atoms. The van der Waals surface area contributed by atoms with E-state index in [0.717, 1.165) is 32.7 Å². The van der Waals surface area contributed by atoms with E-state index in [0.29, 0.717) is 35.5 Å². The van der Waals surface area contributed by atoms with Crippen molar-refractivity contribution in [3.8, 4) is 11.5 Å². The fraction of sp³-hybridized carbons (Fsp3) is 0.268. The summed E-state index contributed by atoms with van der Waals surface area (Å²) in [6, 6.07) is 26.4. The smallest absolute Gasteiger partial charge is 0.255 e. The minimum absolute atomic E-state index is 0.0793. The molecule has 7 rings (SSSR count). The van der Waals surface area contributed by atoms with E-state index < -0.39 is 0 Å². The van der Waals surface area contributed by atoms with Gasteiger partial charge in [0.1, 0.15) is 24.7 Å². The Kier molecular flexibility index (Phi) is 10.4. The van der Waals surface area contributed by atoms with Gasteiger partial charge >= 0.3 is 0 Å². The van der Waals surface area contributed by atoms with Gasteiger partial charge in [-0.2, -0.15) is 0 Å². The molecule has 6 aromatic rings. The van der Waals surface area contributed by atoms with E-state index in [1.54, 1.807) is 33.8 Å². The summed E-state index contributed by atoms with van der Waals surface area (Å²) in [5.41, 5.74) is 5.32. The van der Waals surface area contributed by atoms with Crippen LogP contribution in [0.4, 0.5) is 0 Å². The van der Waals surface area contributed by atoms with Crippen LogP contribution in [0.3, 0.4) is 0 Å². The second-order valence-electron chi connectivity index (χ2n) is 13.2. The van der Waals surface area contributed by atoms with E-state index in [2.05, 4.69) is 55.1 Å². The molecule has 10 nitrogen and oxygen atoms in total. The molecule has 11 heteroatoms. The van der Waals surface area contributed by atoms with Crippen LogP contribution in [0.25, 0.3) is 0 Å². The molecule has 0 aliphatic heterocycles. The third-order valence-corrected chi connectivity index (χ3v) is 9.94. The molecular formula is C41H39BrN6O4. The fourth-order valence-corrected chi connectivity index (χ4v) is 6.87. The molecule has 0 bridgehead atoms. The van der Waals surface area contributed by atoms with Gasteiger partial charge in [0.05, 0.1) is 12.1 Å². The van der Waals surface area contributed by atoms with E-state index in [4.69, 9.17) is 14.5 Å². The Morgan fingerprint density at radius 1 is 0.731 bits per heavy atom. The topological polar surface area (TPSA) is 114 Å². The minimum Gasteiger partial charge on any atom is -0.485 e. The zero-order chi connectivity index (χ0) is 36.2. The SMILES string of the molecule is Cc1cc(OCc2nccc(C[C@H](c3ccc(C4CC4)cc3)n3c(C)cc(OCc4ncccn4)cc3=O)n2)cc(=O)n1[C@H](C)c1ccc(Br)cc1. The lowest BCUT2D eigenvalue weighted by atomic mass is 9.98. The molecule has 264 valence electrons. The van der Waals surface area contributed by atoms with Crippen LogP contribution in [0.1, 0.15) is 83.2 Å². The molecule has 0 unspecified atom stereocenters. The number of benzene rings is 2. The lowest BCUT2D eigenvalue weighted by molar-refractivity contribution is 0.292. The highest BCUT2D eigenvalue weighted by Crippen LogP contribution is 2.40. The van der Waals surface area contributed by atoms with E-state index in [9.17, 15) is 9.59 Å². The summed E-state index contributed by atoms with van der Waals surface area (Å²) in [6.45, 7) is 6.05. The highest BCUT2D eigenvalue weighted by molar-refractivity contribution is 9.10. The van der Waals surface area contributed by atoms with Crippen LogP contribution < -0.4 is 20.6 Å². The number of hydrogen-bond acceptors (Lipinski definition) is 8. The maximum absolute atomic E-state index is 13.8. The van der Waals surface area contributed by atoms with E-state index in [1.807, 2.05) is 63.2 Å². The van der Waals surface area contributed by atoms with E-state index in [1.165, 1.54) is 30.5 Å². The zero-order valence-corrected chi connectivity index (χ0v) is 30.9. The number of halogens is 1. The third kappa shape index (κ3) is 8.21. The molecular weight excluding hydrogens is 720 g/mol. The van der Waals surface area contributed by atoms with Gasteiger partial charge in [0.15, 0.2) is 11.6 Å². The molecule has 0 radical (unpaired) electrons. The van der Waals surface area contributed by atoms with Crippen molar-refractivity contribution in [3.63, 3.8) is 0 Å². The second kappa shape index (κ2) is 15.4. The number of pyridine rings is 2. The summed E-state index contributed by atoms with van der Waals surface area (Å²) in [7, 11) is 0. The summed E-state index contributed by atoms with van der Waals surface area (Å²) in [5, 5.41) is 0. The third-order valence-electron chi connectivity index (χ3n) is 9.41. The van der Waals surface area contributed by atoms with Crippen molar-refractivity contribution in [1.29, 1.82) is 0 Å². The van der Waals surface area contributed by atoms with Gasteiger partial charge in [0.2, 0.25) is 0 Å². The van der Waals surface area contributed by atoms with Crippen LogP contribution >= 0.6 is 15.9 Å². The Morgan fingerprint density at radius 2 is 1.31 bits per heavy atom. The predicted octanol–water partition coefficient (Wildman–Crippen LogP) is 7.45. The van der Waals surface area contributed by atoms with Gasteiger partial charge in [-0.1, -0.05) is 52.3 Å². The first-order chi connectivity index (χ1) is 25.2. The van der Waals surface area contributed by atoms with E-state index in [-0.39, 0.29) is 36.4 Å². The molecule has 2 atom stereocenters. The van der Waals surface area contributed by atoms with Gasteiger partial charge in [0.25, 0.3) is 11.1 Å². The van der Waals surface area contributed by atoms with Crippen molar-refractivity contribution >= 4 is 15.9 Å². The summed E-state index contributed by atoms with van der Waals surface area (Å²) in [6.07, 6.45) is 7.89. The van der Waals surface area contributed by atoms with Crippen LogP contribution in [0.15, 0.2) is 118 Å². The first-order valence-corrected chi connectivity index (χ1v) is 18.1. The normalized spacial score (nSPS) is 13.8. The molecule has 0 saturated heterocycles. The molecule has 1 fully saturated rings. The van der Waals surface area contributed by atoms with Crippen LogP contribution in [-0.2, 0) is 19.6 Å². The number of rotatable bonds is 13. The van der Waals surface area contributed by atoms with Crippen molar-refractivity contribution in [1.82, 2.24) is 29.1 Å². The monoisotopic (exact) mass is 758 g/mol.